The van der Waals surface area contributed by atoms with E-state index in [0.717, 1.165) is 5.69 Å². The Bertz CT molecular complexity index is 486. The minimum Gasteiger partial charge on any atom is -0.380 e. The first-order valence-corrected chi connectivity index (χ1v) is 6.44. The summed E-state index contributed by atoms with van der Waals surface area (Å²) in [6, 6.07) is 3.69. The first-order chi connectivity index (χ1) is 8.13. The van der Waals surface area contributed by atoms with E-state index in [-0.39, 0.29) is 11.9 Å². The van der Waals surface area contributed by atoms with Crippen LogP contribution in [0.5, 0.6) is 0 Å². The molecule has 1 aliphatic heterocycles. The van der Waals surface area contributed by atoms with Gasteiger partial charge in [0.15, 0.2) is 0 Å². The van der Waals surface area contributed by atoms with Crippen molar-refractivity contribution in [1.82, 2.24) is 0 Å². The Hall–Kier alpha value is -0.930. The molecular formula is C12H12Cl2N2O. The van der Waals surface area contributed by atoms with Crippen LogP contribution >= 0.6 is 23.2 Å². The molecule has 1 aromatic rings. The predicted molar refractivity (Wildman–Crippen MR) is 69.8 cm³/mol. The van der Waals surface area contributed by atoms with Crippen molar-refractivity contribution in [2.75, 3.05) is 10.6 Å². The highest BCUT2D eigenvalue weighted by Gasteiger charge is 2.34. The van der Waals surface area contributed by atoms with E-state index in [1.54, 1.807) is 12.1 Å². The summed E-state index contributed by atoms with van der Waals surface area (Å²) in [6.45, 7) is 0. The SMILES string of the molecule is O=C1CC(C2CC2)Nc2cc(Cl)c(Cl)cc2N1. The van der Waals surface area contributed by atoms with Crippen LogP contribution in [-0.2, 0) is 4.79 Å². The molecule has 1 saturated carbocycles. The zero-order chi connectivity index (χ0) is 12.0. The Morgan fingerprint density at radius 2 is 1.76 bits per heavy atom. The molecule has 2 N–H and O–H groups in total. The van der Waals surface area contributed by atoms with Gasteiger partial charge in [0.05, 0.1) is 21.4 Å². The number of amides is 1. The van der Waals surface area contributed by atoms with E-state index in [0.29, 0.717) is 28.1 Å². The van der Waals surface area contributed by atoms with Gasteiger partial charge in [-0.05, 0) is 30.9 Å². The second-order valence-corrected chi connectivity index (χ2v) is 5.47. The average Bonchev–Trinajstić information content (AvgIpc) is 3.06. The molecule has 0 saturated heterocycles. The van der Waals surface area contributed by atoms with Gasteiger partial charge in [0.1, 0.15) is 0 Å². The minimum absolute atomic E-state index is 0.0338. The molecule has 2 aliphatic rings. The fourth-order valence-corrected chi connectivity index (χ4v) is 2.53. The maximum absolute atomic E-state index is 11.8. The van der Waals surface area contributed by atoms with Gasteiger partial charge in [0.25, 0.3) is 0 Å². The standard InChI is InChI=1S/C12H12Cl2N2O/c13-7-3-10-11(4-8(7)14)16-12(17)5-9(15-10)6-1-2-6/h3-4,6,9,15H,1-2,5H2,(H,16,17). The van der Waals surface area contributed by atoms with Crippen molar-refractivity contribution in [3.05, 3.63) is 22.2 Å². The molecule has 3 nitrogen and oxygen atoms in total. The number of fused-ring (bicyclic) bond motifs is 1. The third-order valence-electron chi connectivity index (χ3n) is 3.27. The monoisotopic (exact) mass is 270 g/mol. The second kappa shape index (κ2) is 4.07. The van der Waals surface area contributed by atoms with Gasteiger partial charge in [-0.1, -0.05) is 23.2 Å². The third kappa shape index (κ3) is 2.22. The molecule has 1 heterocycles. The summed E-state index contributed by atoms with van der Waals surface area (Å²) in [7, 11) is 0. The maximum Gasteiger partial charge on any atom is 0.226 e. The van der Waals surface area contributed by atoms with E-state index in [2.05, 4.69) is 10.6 Å². The van der Waals surface area contributed by atoms with Crippen LogP contribution in [0, 0.1) is 5.92 Å². The van der Waals surface area contributed by atoms with Crippen LogP contribution < -0.4 is 10.6 Å². The lowest BCUT2D eigenvalue weighted by Crippen LogP contribution is -2.24. The second-order valence-electron chi connectivity index (χ2n) is 4.65. The van der Waals surface area contributed by atoms with E-state index >= 15 is 0 Å². The smallest absolute Gasteiger partial charge is 0.226 e. The summed E-state index contributed by atoms with van der Waals surface area (Å²) < 4.78 is 0. The van der Waals surface area contributed by atoms with Crippen molar-refractivity contribution in [2.45, 2.75) is 25.3 Å². The Morgan fingerprint density at radius 3 is 2.41 bits per heavy atom. The number of rotatable bonds is 1. The fourth-order valence-electron chi connectivity index (χ4n) is 2.20. The quantitative estimate of drug-likeness (QED) is 0.820. The van der Waals surface area contributed by atoms with E-state index in [1.807, 2.05) is 0 Å². The molecule has 1 amide bonds. The van der Waals surface area contributed by atoms with Crippen LogP contribution in [0.15, 0.2) is 12.1 Å². The number of benzene rings is 1. The van der Waals surface area contributed by atoms with Gasteiger partial charge in [-0.3, -0.25) is 4.79 Å². The number of anilines is 2. The molecule has 17 heavy (non-hydrogen) atoms. The van der Waals surface area contributed by atoms with Crippen molar-refractivity contribution in [1.29, 1.82) is 0 Å². The van der Waals surface area contributed by atoms with Gasteiger partial charge in [-0.2, -0.15) is 0 Å². The summed E-state index contributed by atoms with van der Waals surface area (Å²) in [5, 5.41) is 7.21. The highest BCUT2D eigenvalue weighted by Crippen LogP contribution is 2.40. The molecule has 0 bridgehead atoms. The topological polar surface area (TPSA) is 41.1 Å². The van der Waals surface area contributed by atoms with Crippen LogP contribution in [0.4, 0.5) is 11.4 Å². The van der Waals surface area contributed by atoms with Gasteiger partial charge >= 0.3 is 0 Å². The highest BCUT2D eigenvalue weighted by molar-refractivity contribution is 6.42. The molecule has 1 atom stereocenters. The predicted octanol–water partition coefficient (Wildman–Crippen LogP) is 3.53. The molecule has 5 heteroatoms. The van der Waals surface area contributed by atoms with Crippen LogP contribution in [0.25, 0.3) is 0 Å². The summed E-state index contributed by atoms with van der Waals surface area (Å²) in [4.78, 5) is 11.8. The molecule has 1 unspecified atom stereocenters. The van der Waals surface area contributed by atoms with Crippen molar-refractivity contribution in [3.8, 4) is 0 Å². The molecular weight excluding hydrogens is 259 g/mol. The first-order valence-electron chi connectivity index (χ1n) is 5.69. The largest absolute Gasteiger partial charge is 0.380 e. The van der Waals surface area contributed by atoms with Crippen LogP contribution in [0.2, 0.25) is 10.0 Å². The lowest BCUT2D eigenvalue weighted by molar-refractivity contribution is -0.116. The third-order valence-corrected chi connectivity index (χ3v) is 3.99. The van der Waals surface area contributed by atoms with Gasteiger partial charge in [-0.25, -0.2) is 0 Å². The molecule has 0 radical (unpaired) electrons. The van der Waals surface area contributed by atoms with Crippen molar-refractivity contribution in [3.63, 3.8) is 0 Å². The summed E-state index contributed by atoms with van der Waals surface area (Å²) in [6.07, 6.45) is 2.90. The maximum atomic E-state index is 11.8. The van der Waals surface area contributed by atoms with Crippen LogP contribution in [0.3, 0.4) is 0 Å². The van der Waals surface area contributed by atoms with Gasteiger partial charge in [-0.15, -0.1) is 0 Å². The van der Waals surface area contributed by atoms with Crippen molar-refractivity contribution < 1.29 is 4.79 Å². The minimum atomic E-state index is 0.0338. The highest BCUT2D eigenvalue weighted by atomic mass is 35.5. The summed E-state index contributed by atoms with van der Waals surface area (Å²) in [5.41, 5.74) is 1.58. The lowest BCUT2D eigenvalue weighted by atomic mass is 10.1. The molecule has 0 aromatic heterocycles. The summed E-state index contributed by atoms with van der Waals surface area (Å²) >= 11 is 11.9. The van der Waals surface area contributed by atoms with Crippen LogP contribution in [0.1, 0.15) is 19.3 Å². The fraction of sp³-hybridized carbons (Fsp3) is 0.417. The number of hydrogen-bond acceptors (Lipinski definition) is 2. The van der Waals surface area contributed by atoms with E-state index < -0.39 is 0 Å². The Balaban J connectivity index is 1.98. The number of nitrogens with one attached hydrogen (secondary N) is 2. The van der Waals surface area contributed by atoms with E-state index in [4.69, 9.17) is 23.2 Å². The Labute approximate surface area is 109 Å². The molecule has 1 fully saturated rings. The summed E-state index contributed by atoms with van der Waals surface area (Å²) in [5.74, 6) is 0.646. The number of halogens is 2. The lowest BCUT2D eigenvalue weighted by Gasteiger charge is -2.16. The molecule has 1 aliphatic carbocycles. The van der Waals surface area contributed by atoms with Gasteiger partial charge < -0.3 is 10.6 Å². The van der Waals surface area contributed by atoms with Crippen LogP contribution in [-0.4, -0.2) is 11.9 Å². The van der Waals surface area contributed by atoms with Crippen molar-refractivity contribution in [2.24, 2.45) is 5.92 Å². The molecule has 3 rings (SSSR count). The number of carbonyl (C=O) groups excluding carboxylic acids is 1. The van der Waals surface area contributed by atoms with Gasteiger partial charge in [0, 0.05) is 12.5 Å². The zero-order valence-electron chi connectivity index (χ0n) is 9.09. The van der Waals surface area contributed by atoms with E-state index in [9.17, 15) is 4.79 Å². The average molecular weight is 271 g/mol. The van der Waals surface area contributed by atoms with Gasteiger partial charge in [0.2, 0.25) is 5.91 Å². The molecule has 0 spiro atoms. The normalized spacial score (nSPS) is 23.4. The van der Waals surface area contributed by atoms with Crippen molar-refractivity contribution >= 4 is 40.5 Å². The van der Waals surface area contributed by atoms with E-state index in [1.165, 1.54) is 12.8 Å². The molecule has 1 aromatic carbocycles. The Kier molecular flexibility index (Phi) is 2.68. The Morgan fingerprint density at radius 1 is 1.12 bits per heavy atom. The molecule has 90 valence electrons. The first kappa shape index (κ1) is 11.2. The zero-order valence-corrected chi connectivity index (χ0v) is 10.6. The number of carbonyl (C=O) groups is 1. The number of hydrogen-bond donors (Lipinski definition) is 2.